The average Bonchev–Trinajstić information content (AvgIpc) is 3.54. The third-order valence-electron chi connectivity index (χ3n) is 6.56. The number of aryl methyl sites for hydroxylation is 1. The first-order valence-electron chi connectivity index (χ1n) is 11.1. The van der Waals surface area contributed by atoms with Crippen LogP contribution in [0.25, 0.3) is 22.2 Å². The Bertz CT molecular complexity index is 1380. The second kappa shape index (κ2) is 7.60. The minimum absolute atomic E-state index is 0.0876. The van der Waals surface area contributed by atoms with Gasteiger partial charge in [0.25, 0.3) is 5.91 Å². The highest BCUT2D eigenvalue weighted by Crippen LogP contribution is 2.37. The molecule has 8 heteroatoms. The molecule has 2 aliphatic rings. The Hall–Kier alpha value is -3.91. The van der Waals surface area contributed by atoms with E-state index in [1.54, 1.807) is 6.20 Å². The predicted octanol–water partition coefficient (Wildman–Crippen LogP) is 3.19. The highest BCUT2D eigenvalue weighted by Gasteiger charge is 2.27. The number of nitrogens with one attached hydrogen (secondary N) is 2. The third kappa shape index (κ3) is 3.30. The van der Waals surface area contributed by atoms with Gasteiger partial charge < -0.3 is 25.2 Å². The average molecular weight is 441 g/mol. The molecule has 8 nitrogen and oxygen atoms in total. The molecule has 1 saturated heterocycles. The molecule has 33 heavy (non-hydrogen) atoms. The normalized spacial score (nSPS) is 17.5. The number of hydrogen-bond acceptors (Lipinski definition) is 6. The molecule has 0 saturated carbocycles. The molecule has 1 atom stereocenters. The minimum Gasteiger partial charge on any atom is -0.391 e. The van der Waals surface area contributed by atoms with Gasteiger partial charge in [-0.2, -0.15) is 0 Å². The van der Waals surface area contributed by atoms with Gasteiger partial charge >= 0.3 is 0 Å². The van der Waals surface area contributed by atoms with E-state index in [2.05, 4.69) is 37.6 Å². The van der Waals surface area contributed by atoms with Crippen LogP contribution in [0.3, 0.4) is 0 Å². The van der Waals surface area contributed by atoms with Gasteiger partial charge in [-0.05, 0) is 53.4 Å². The van der Waals surface area contributed by atoms with Crippen molar-refractivity contribution in [3.05, 3.63) is 66.1 Å². The first-order valence-corrected chi connectivity index (χ1v) is 11.1. The Morgan fingerprint density at radius 2 is 2.03 bits per heavy atom. The summed E-state index contributed by atoms with van der Waals surface area (Å²) in [5, 5.41) is 17.1. The summed E-state index contributed by atoms with van der Waals surface area (Å²) in [5.74, 6) is 0.581. The Labute approximate surface area is 190 Å². The van der Waals surface area contributed by atoms with E-state index >= 15 is 0 Å². The Morgan fingerprint density at radius 3 is 2.82 bits per heavy atom. The van der Waals surface area contributed by atoms with Crippen molar-refractivity contribution >= 4 is 34.1 Å². The summed E-state index contributed by atoms with van der Waals surface area (Å²) in [6, 6.07) is 12.0. The minimum atomic E-state index is -0.278. The van der Waals surface area contributed by atoms with E-state index in [9.17, 15) is 9.90 Å². The first kappa shape index (κ1) is 19.8. The molecule has 0 aliphatic carbocycles. The summed E-state index contributed by atoms with van der Waals surface area (Å²) in [5.41, 5.74) is 6.36. The quantitative estimate of drug-likeness (QED) is 0.451. The Morgan fingerprint density at radius 1 is 1.12 bits per heavy atom. The third-order valence-corrected chi connectivity index (χ3v) is 6.56. The van der Waals surface area contributed by atoms with Gasteiger partial charge in [0.05, 0.1) is 29.2 Å². The van der Waals surface area contributed by atoms with Crippen LogP contribution >= 0.6 is 0 Å². The second-order valence-electron chi connectivity index (χ2n) is 8.63. The number of carbonyl (C=O) groups excluding carboxylic acids is 1. The van der Waals surface area contributed by atoms with Crippen LogP contribution in [-0.4, -0.2) is 44.7 Å². The number of aliphatic hydroxyl groups excluding tert-OH is 1. The van der Waals surface area contributed by atoms with Crippen LogP contribution < -0.4 is 15.5 Å². The van der Waals surface area contributed by atoms with Gasteiger partial charge in [-0.3, -0.25) is 4.79 Å². The molecule has 0 radical (unpaired) electrons. The molecule has 4 aromatic rings. The summed E-state index contributed by atoms with van der Waals surface area (Å²) >= 11 is 0. The number of pyridine rings is 2. The predicted molar refractivity (Wildman–Crippen MR) is 128 cm³/mol. The highest BCUT2D eigenvalue weighted by atomic mass is 16.3. The van der Waals surface area contributed by atoms with Crippen LogP contribution in [0.5, 0.6) is 0 Å². The maximum absolute atomic E-state index is 12.8. The van der Waals surface area contributed by atoms with Crippen LogP contribution in [0.2, 0.25) is 0 Å². The fourth-order valence-corrected chi connectivity index (χ4v) is 4.87. The van der Waals surface area contributed by atoms with Crippen LogP contribution in [0, 0.1) is 0 Å². The number of nitrogens with zero attached hydrogens (tertiary/aromatic N) is 4. The van der Waals surface area contributed by atoms with E-state index in [0.29, 0.717) is 24.5 Å². The van der Waals surface area contributed by atoms with Crippen molar-refractivity contribution in [1.29, 1.82) is 0 Å². The second-order valence-corrected chi connectivity index (χ2v) is 8.63. The first-order chi connectivity index (χ1) is 16.1. The molecule has 1 aromatic carbocycles. The Kier molecular flexibility index (Phi) is 4.55. The molecule has 2 aliphatic heterocycles. The van der Waals surface area contributed by atoms with Crippen LogP contribution in [0.15, 0.2) is 55.0 Å². The van der Waals surface area contributed by atoms with Gasteiger partial charge in [0.1, 0.15) is 11.5 Å². The lowest BCUT2D eigenvalue weighted by atomic mass is 9.94. The fraction of sp³-hybridized carbons (Fsp3) is 0.240. The van der Waals surface area contributed by atoms with Crippen LogP contribution in [-0.2, 0) is 13.6 Å². The zero-order chi connectivity index (χ0) is 22.5. The molecule has 5 heterocycles. The number of benzene rings is 1. The van der Waals surface area contributed by atoms with Gasteiger partial charge in [-0.15, -0.1) is 0 Å². The number of anilines is 3. The summed E-state index contributed by atoms with van der Waals surface area (Å²) < 4.78 is 2.00. The molecule has 0 spiro atoms. The molecule has 1 unspecified atom stereocenters. The number of amides is 1. The van der Waals surface area contributed by atoms with Crippen molar-refractivity contribution in [2.45, 2.75) is 19.1 Å². The number of aliphatic hydroxyl groups is 1. The molecule has 1 fully saturated rings. The number of hydrogen-bond donors (Lipinski definition) is 3. The molecule has 0 bridgehead atoms. The number of fused-ring (bicyclic) bond motifs is 2. The summed E-state index contributed by atoms with van der Waals surface area (Å²) in [6.07, 6.45) is 6.11. The van der Waals surface area contributed by atoms with Gasteiger partial charge in [0.15, 0.2) is 0 Å². The summed E-state index contributed by atoms with van der Waals surface area (Å²) in [6.45, 7) is 1.95. The van der Waals surface area contributed by atoms with Gasteiger partial charge in [-0.1, -0.05) is 6.07 Å². The van der Waals surface area contributed by atoms with E-state index in [0.717, 1.165) is 52.1 Å². The zero-order valence-corrected chi connectivity index (χ0v) is 18.2. The van der Waals surface area contributed by atoms with Gasteiger partial charge in [0, 0.05) is 44.5 Å². The lowest BCUT2D eigenvalue weighted by molar-refractivity contribution is 0.0966. The van der Waals surface area contributed by atoms with Crippen molar-refractivity contribution in [3.63, 3.8) is 0 Å². The SMILES string of the molecule is Cn1ccc2c(-c3ccc(Nc4ccc(N5CCC(O)C5)cn4)c4c3CNC4=O)ccnc21. The molecular formula is C25H24N6O2. The van der Waals surface area contributed by atoms with Crippen LogP contribution in [0.1, 0.15) is 22.3 Å². The highest BCUT2D eigenvalue weighted by molar-refractivity contribution is 6.07. The molecular weight excluding hydrogens is 416 g/mol. The maximum atomic E-state index is 12.8. The van der Waals surface area contributed by atoms with Crippen molar-refractivity contribution in [1.82, 2.24) is 19.9 Å². The summed E-state index contributed by atoms with van der Waals surface area (Å²) in [7, 11) is 1.98. The topological polar surface area (TPSA) is 95.3 Å². The van der Waals surface area contributed by atoms with Crippen molar-refractivity contribution in [3.8, 4) is 11.1 Å². The monoisotopic (exact) mass is 440 g/mol. The lowest BCUT2D eigenvalue weighted by Crippen LogP contribution is -2.21. The van der Waals surface area contributed by atoms with Crippen molar-refractivity contribution < 1.29 is 9.90 Å². The number of rotatable bonds is 4. The van der Waals surface area contributed by atoms with Gasteiger partial charge in [0.2, 0.25) is 0 Å². The Balaban J connectivity index is 1.35. The number of carbonyl (C=O) groups is 1. The van der Waals surface area contributed by atoms with E-state index in [-0.39, 0.29) is 12.0 Å². The molecule has 1 amide bonds. The standard InChI is InChI=1S/C25H24N6O2/c1-30-10-8-19-18(6-9-26-24(19)30)17-3-4-21(23-20(17)13-28-25(23)33)29-22-5-2-15(12-27-22)31-11-7-16(32)14-31/h2-6,8-10,12,16,32H,7,11,13-14H2,1H3,(H,27,29)(H,28,33). The smallest absolute Gasteiger partial charge is 0.254 e. The van der Waals surface area contributed by atoms with Crippen molar-refractivity contribution in [2.75, 3.05) is 23.3 Å². The largest absolute Gasteiger partial charge is 0.391 e. The molecule has 166 valence electrons. The summed E-state index contributed by atoms with van der Waals surface area (Å²) in [4.78, 5) is 23.9. The van der Waals surface area contributed by atoms with E-state index in [1.165, 1.54) is 0 Å². The number of aromatic nitrogens is 3. The van der Waals surface area contributed by atoms with Crippen LogP contribution in [0.4, 0.5) is 17.2 Å². The fourth-order valence-electron chi connectivity index (χ4n) is 4.87. The maximum Gasteiger partial charge on any atom is 0.254 e. The number of β-amino-alcohol motifs (C(OH)–C–C–N with tert-alkyl or cyclic N) is 1. The molecule has 3 N–H and O–H groups in total. The van der Waals surface area contributed by atoms with E-state index in [1.807, 2.05) is 48.3 Å². The van der Waals surface area contributed by atoms with E-state index in [4.69, 9.17) is 0 Å². The zero-order valence-electron chi connectivity index (χ0n) is 18.2. The molecule has 6 rings (SSSR count). The lowest BCUT2D eigenvalue weighted by Gasteiger charge is -2.18. The molecule has 3 aromatic heterocycles. The van der Waals surface area contributed by atoms with E-state index < -0.39 is 0 Å². The van der Waals surface area contributed by atoms with Crippen molar-refractivity contribution in [2.24, 2.45) is 7.05 Å². The van der Waals surface area contributed by atoms with Gasteiger partial charge in [-0.25, -0.2) is 9.97 Å².